The second-order valence-electron chi connectivity index (χ2n) is 4.15. The van der Waals surface area contributed by atoms with Crippen LogP contribution in [0.4, 0.5) is 14.5 Å². The van der Waals surface area contributed by atoms with E-state index in [1.54, 1.807) is 6.07 Å². The molecular formula is C11H14F2IN. The molecule has 1 aliphatic heterocycles. The quantitative estimate of drug-likeness (QED) is 0.491. The van der Waals surface area contributed by atoms with Crippen LogP contribution in [0.15, 0.2) is 18.2 Å². The molecule has 1 saturated heterocycles. The topological polar surface area (TPSA) is 0 Å². The lowest BCUT2D eigenvalue weighted by molar-refractivity contribution is -0.00000427. The minimum atomic E-state index is -0.503. The van der Waals surface area contributed by atoms with E-state index in [9.17, 15) is 8.78 Å². The van der Waals surface area contributed by atoms with Crippen molar-refractivity contribution in [2.75, 3.05) is 20.1 Å². The number of likely N-dealkylation sites (tertiary alicyclic amines) is 1. The van der Waals surface area contributed by atoms with Crippen molar-refractivity contribution in [2.24, 2.45) is 0 Å². The summed E-state index contributed by atoms with van der Waals surface area (Å²) in [7, 11) is 2.00. The van der Waals surface area contributed by atoms with Crippen LogP contribution in [0.25, 0.3) is 0 Å². The van der Waals surface area contributed by atoms with Crippen molar-refractivity contribution in [2.45, 2.75) is 12.8 Å². The first-order valence-corrected chi connectivity index (χ1v) is 4.92. The molecular weight excluding hydrogens is 311 g/mol. The van der Waals surface area contributed by atoms with E-state index in [4.69, 9.17) is 0 Å². The summed E-state index contributed by atoms with van der Waals surface area (Å²) in [6, 6.07) is 3.87. The molecule has 0 aromatic heterocycles. The van der Waals surface area contributed by atoms with Gasteiger partial charge in [0.05, 0.1) is 20.1 Å². The second kappa shape index (κ2) is 4.74. The van der Waals surface area contributed by atoms with Gasteiger partial charge in [0.1, 0.15) is 5.82 Å². The van der Waals surface area contributed by atoms with Crippen LogP contribution in [0, 0.1) is 11.6 Å². The van der Waals surface area contributed by atoms with Gasteiger partial charge < -0.3 is 24.0 Å². The molecule has 0 unspecified atom stereocenters. The summed E-state index contributed by atoms with van der Waals surface area (Å²) >= 11 is 0. The molecule has 15 heavy (non-hydrogen) atoms. The fourth-order valence-electron chi connectivity index (χ4n) is 2.19. The molecule has 0 N–H and O–H groups in total. The monoisotopic (exact) mass is 325 g/mol. The van der Waals surface area contributed by atoms with E-state index in [-0.39, 0.29) is 24.0 Å². The molecule has 0 spiro atoms. The molecule has 1 aliphatic rings. The van der Waals surface area contributed by atoms with Gasteiger partial charge in [0.2, 0.25) is 0 Å². The largest absolute Gasteiger partial charge is 1.00 e. The van der Waals surface area contributed by atoms with Crippen LogP contribution >= 0.6 is 0 Å². The first kappa shape index (κ1) is 12.8. The molecule has 0 saturated carbocycles. The van der Waals surface area contributed by atoms with Gasteiger partial charge in [-0.1, -0.05) is 0 Å². The van der Waals surface area contributed by atoms with E-state index in [2.05, 4.69) is 0 Å². The third-order valence-electron chi connectivity index (χ3n) is 3.04. The van der Waals surface area contributed by atoms with Crippen molar-refractivity contribution in [3.8, 4) is 0 Å². The van der Waals surface area contributed by atoms with Gasteiger partial charge in [-0.05, 0) is 6.07 Å². The van der Waals surface area contributed by atoms with Crippen LogP contribution in [-0.4, -0.2) is 20.1 Å². The molecule has 0 bridgehead atoms. The van der Waals surface area contributed by atoms with E-state index < -0.39 is 11.6 Å². The average molecular weight is 325 g/mol. The van der Waals surface area contributed by atoms with E-state index in [1.165, 1.54) is 6.07 Å². The zero-order valence-electron chi connectivity index (χ0n) is 8.64. The predicted octanol–water partition coefficient (Wildman–Crippen LogP) is -0.300. The Morgan fingerprint density at radius 1 is 1.13 bits per heavy atom. The van der Waals surface area contributed by atoms with Crippen LogP contribution < -0.4 is 28.5 Å². The van der Waals surface area contributed by atoms with Gasteiger partial charge in [-0.3, -0.25) is 4.48 Å². The lowest BCUT2D eigenvalue weighted by atomic mass is 10.2. The average Bonchev–Trinajstić information content (AvgIpc) is 2.52. The lowest BCUT2D eigenvalue weighted by Gasteiger charge is -2.28. The molecule has 0 aliphatic carbocycles. The zero-order chi connectivity index (χ0) is 10.2. The van der Waals surface area contributed by atoms with Crippen molar-refractivity contribution < 1.29 is 32.8 Å². The molecule has 4 heteroatoms. The molecule has 1 aromatic carbocycles. The maximum absolute atomic E-state index is 13.5. The highest BCUT2D eigenvalue weighted by Crippen LogP contribution is 2.29. The summed E-state index contributed by atoms with van der Waals surface area (Å²) < 4.78 is 26.8. The van der Waals surface area contributed by atoms with Gasteiger partial charge in [-0.15, -0.1) is 0 Å². The number of rotatable bonds is 1. The standard InChI is InChI=1S/C11H14F2N.HI/c1-14(6-2-3-7-14)11-5-4-9(12)8-10(11)13;/h4-5,8H,2-3,6-7H2,1H3;1H/q+1;/p-1. The highest BCUT2D eigenvalue weighted by Gasteiger charge is 2.32. The number of benzene rings is 1. The number of hydrogen-bond donors (Lipinski definition) is 0. The summed E-state index contributed by atoms with van der Waals surface area (Å²) in [6.07, 6.45) is 2.24. The van der Waals surface area contributed by atoms with Crippen molar-refractivity contribution in [1.82, 2.24) is 4.48 Å². The van der Waals surface area contributed by atoms with Crippen molar-refractivity contribution in [3.05, 3.63) is 29.8 Å². The van der Waals surface area contributed by atoms with E-state index >= 15 is 0 Å². The Bertz CT molecular complexity index is 348. The summed E-state index contributed by atoms with van der Waals surface area (Å²) in [6.45, 7) is 1.89. The molecule has 1 heterocycles. The van der Waals surface area contributed by atoms with E-state index in [1.807, 2.05) is 7.05 Å². The van der Waals surface area contributed by atoms with Crippen LogP contribution in [0.1, 0.15) is 12.8 Å². The zero-order valence-corrected chi connectivity index (χ0v) is 10.8. The maximum Gasteiger partial charge on any atom is 0.186 e. The number of nitrogens with zero attached hydrogens (tertiary/aromatic N) is 1. The first-order chi connectivity index (χ1) is 6.62. The Kier molecular flexibility index (Phi) is 4.06. The Hall–Kier alpha value is -0.230. The number of hydrogen-bond acceptors (Lipinski definition) is 0. The summed E-state index contributed by atoms with van der Waals surface area (Å²) in [5.74, 6) is -0.925. The molecule has 2 rings (SSSR count). The van der Waals surface area contributed by atoms with Gasteiger partial charge in [0.25, 0.3) is 0 Å². The van der Waals surface area contributed by atoms with Crippen molar-refractivity contribution in [3.63, 3.8) is 0 Å². The SMILES string of the molecule is C[N+]1(c2ccc(F)cc2F)CCCC1.[I-]. The molecule has 1 nitrogen and oxygen atoms in total. The third-order valence-corrected chi connectivity index (χ3v) is 3.04. The molecule has 1 aromatic rings. The minimum Gasteiger partial charge on any atom is -1.00 e. The smallest absolute Gasteiger partial charge is 0.186 e. The molecule has 84 valence electrons. The van der Waals surface area contributed by atoms with E-state index in [0.29, 0.717) is 10.2 Å². The van der Waals surface area contributed by atoms with E-state index in [0.717, 1.165) is 32.0 Å². The minimum absolute atomic E-state index is 0. The maximum atomic E-state index is 13.5. The van der Waals surface area contributed by atoms with Crippen LogP contribution in [0.3, 0.4) is 0 Å². The molecule has 0 atom stereocenters. The van der Waals surface area contributed by atoms with Crippen LogP contribution in [-0.2, 0) is 0 Å². The Morgan fingerprint density at radius 3 is 2.27 bits per heavy atom. The molecule has 0 radical (unpaired) electrons. The van der Waals surface area contributed by atoms with Crippen molar-refractivity contribution in [1.29, 1.82) is 0 Å². The van der Waals surface area contributed by atoms with Crippen LogP contribution in [0.5, 0.6) is 0 Å². The molecule has 1 fully saturated rings. The predicted molar refractivity (Wildman–Crippen MR) is 53.0 cm³/mol. The Labute approximate surface area is 106 Å². The van der Waals surface area contributed by atoms with Gasteiger partial charge in [0, 0.05) is 25.0 Å². The third kappa shape index (κ3) is 2.47. The highest BCUT2D eigenvalue weighted by molar-refractivity contribution is 5.44. The summed E-state index contributed by atoms with van der Waals surface area (Å²) in [4.78, 5) is 0. The lowest BCUT2D eigenvalue weighted by Crippen LogP contribution is -3.00. The Balaban J connectivity index is 0.00000112. The fourth-order valence-corrected chi connectivity index (χ4v) is 2.19. The summed E-state index contributed by atoms with van der Waals surface area (Å²) in [5.41, 5.74) is 0.615. The Morgan fingerprint density at radius 2 is 1.73 bits per heavy atom. The first-order valence-electron chi connectivity index (χ1n) is 4.92. The normalized spacial score (nSPS) is 18.6. The van der Waals surface area contributed by atoms with Gasteiger partial charge >= 0.3 is 0 Å². The van der Waals surface area contributed by atoms with Gasteiger partial charge in [-0.2, -0.15) is 0 Å². The number of halogens is 3. The fraction of sp³-hybridized carbons (Fsp3) is 0.455. The second-order valence-corrected chi connectivity index (χ2v) is 4.15. The number of quaternary nitrogens is 1. The molecule has 0 amide bonds. The van der Waals surface area contributed by atoms with Crippen LogP contribution in [0.2, 0.25) is 0 Å². The summed E-state index contributed by atoms with van der Waals surface area (Å²) in [5, 5.41) is 0. The highest BCUT2D eigenvalue weighted by atomic mass is 127. The van der Waals surface area contributed by atoms with Gasteiger partial charge in [-0.25, -0.2) is 8.78 Å². The van der Waals surface area contributed by atoms with Gasteiger partial charge in [0.15, 0.2) is 11.5 Å². The van der Waals surface area contributed by atoms with Crippen molar-refractivity contribution >= 4 is 5.69 Å².